The summed E-state index contributed by atoms with van der Waals surface area (Å²) >= 11 is 0. The van der Waals surface area contributed by atoms with E-state index in [0.29, 0.717) is 18.3 Å². The van der Waals surface area contributed by atoms with Crippen molar-refractivity contribution in [1.82, 2.24) is 15.6 Å². The van der Waals surface area contributed by atoms with Gasteiger partial charge in [0.2, 0.25) is 0 Å². The number of pyridine rings is 1. The van der Waals surface area contributed by atoms with E-state index < -0.39 is 0 Å². The Labute approximate surface area is 183 Å². The van der Waals surface area contributed by atoms with E-state index in [0.717, 1.165) is 64.7 Å². The van der Waals surface area contributed by atoms with Crippen LogP contribution in [0.15, 0.2) is 23.3 Å². The third kappa shape index (κ3) is 7.00. The monoisotopic (exact) mass is 507 g/mol. The van der Waals surface area contributed by atoms with Crippen LogP contribution in [0.2, 0.25) is 0 Å². The van der Waals surface area contributed by atoms with Crippen LogP contribution in [0.5, 0.6) is 0 Å². The maximum Gasteiger partial charge on any atom is 0.191 e. The van der Waals surface area contributed by atoms with Crippen LogP contribution < -0.4 is 15.5 Å². The molecule has 3 heterocycles. The molecule has 7 nitrogen and oxygen atoms in total. The van der Waals surface area contributed by atoms with Crippen LogP contribution in [0.4, 0.5) is 10.2 Å². The summed E-state index contributed by atoms with van der Waals surface area (Å²) in [4.78, 5) is 10.4. The van der Waals surface area contributed by atoms with Crippen molar-refractivity contribution in [1.29, 1.82) is 0 Å². The Kier molecular flexibility index (Phi) is 10.2. The Balaban J connectivity index is 0.00000280. The Morgan fingerprint density at radius 3 is 3.11 bits per heavy atom. The van der Waals surface area contributed by atoms with Gasteiger partial charge in [-0.3, -0.25) is 4.99 Å². The summed E-state index contributed by atoms with van der Waals surface area (Å²) in [7, 11) is 1.76. The molecule has 0 saturated carbocycles. The van der Waals surface area contributed by atoms with Gasteiger partial charge in [-0.2, -0.15) is 0 Å². The zero-order valence-electron chi connectivity index (χ0n) is 16.4. The van der Waals surface area contributed by atoms with Crippen molar-refractivity contribution in [2.24, 2.45) is 10.9 Å². The van der Waals surface area contributed by atoms with Gasteiger partial charge < -0.3 is 25.0 Å². The Bertz CT molecular complexity index is 616. The van der Waals surface area contributed by atoms with Crippen molar-refractivity contribution in [2.75, 3.05) is 58.0 Å². The number of nitrogens with zero attached hydrogens (tertiary/aromatic N) is 3. The first-order chi connectivity index (χ1) is 13.3. The molecule has 0 amide bonds. The number of hydrogen-bond acceptors (Lipinski definition) is 5. The molecule has 158 valence electrons. The number of halogens is 2. The number of aliphatic imine (C=N–C) groups is 1. The third-order valence-corrected chi connectivity index (χ3v) is 4.93. The van der Waals surface area contributed by atoms with Crippen LogP contribution in [0, 0.1) is 11.7 Å². The van der Waals surface area contributed by atoms with Gasteiger partial charge in [0.15, 0.2) is 17.6 Å². The van der Waals surface area contributed by atoms with Gasteiger partial charge in [0, 0.05) is 58.1 Å². The second-order valence-electron chi connectivity index (χ2n) is 7.04. The van der Waals surface area contributed by atoms with Gasteiger partial charge in [0.1, 0.15) is 0 Å². The molecule has 2 N–H and O–H groups in total. The van der Waals surface area contributed by atoms with E-state index in [-0.39, 0.29) is 35.8 Å². The number of anilines is 1. The minimum Gasteiger partial charge on any atom is -0.381 e. The smallest absolute Gasteiger partial charge is 0.191 e. The SMILES string of the molecule is CN=C(NCCCOCC1CCOC1)NC1CCN(c2ncccc2F)C1.I. The average Bonchev–Trinajstić information content (AvgIpc) is 3.36. The van der Waals surface area contributed by atoms with Gasteiger partial charge >= 0.3 is 0 Å². The number of nitrogens with one attached hydrogen (secondary N) is 2. The van der Waals surface area contributed by atoms with E-state index in [1.807, 2.05) is 4.90 Å². The molecule has 0 aliphatic carbocycles. The summed E-state index contributed by atoms with van der Waals surface area (Å²) in [6.45, 7) is 5.50. The minimum absolute atomic E-state index is 0. The van der Waals surface area contributed by atoms with Crippen molar-refractivity contribution in [3.8, 4) is 0 Å². The van der Waals surface area contributed by atoms with Crippen molar-refractivity contribution in [3.05, 3.63) is 24.1 Å². The van der Waals surface area contributed by atoms with Crippen LogP contribution in [-0.2, 0) is 9.47 Å². The lowest BCUT2D eigenvalue weighted by molar-refractivity contribution is 0.0888. The van der Waals surface area contributed by atoms with Gasteiger partial charge in [-0.05, 0) is 31.4 Å². The van der Waals surface area contributed by atoms with E-state index >= 15 is 0 Å². The van der Waals surface area contributed by atoms with Crippen molar-refractivity contribution >= 4 is 35.8 Å². The van der Waals surface area contributed by atoms with Gasteiger partial charge in [-0.15, -0.1) is 24.0 Å². The second-order valence-corrected chi connectivity index (χ2v) is 7.04. The van der Waals surface area contributed by atoms with Gasteiger partial charge in [-0.25, -0.2) is 9.37 Å². The van der Waals surface area contributed by atoms with Crippen molar-refractivity contribution in [3.63, 3.8) is 0 Å². The molecule has 9 heteroatoms. The van der Waals surface area contributed by atoms with Crippen molar-refractivity contribution in [2.45, 2.75) is 25.3 Å². The molecule has 2 unspecified atom stereocenters. The summed E-state index contributed by atoms with van der Waals surface area (Å²) in [5, 5.41) is 6.73. The predicted molar refractivity (Wildman–Crippen MR) is 119 cm³/mol. The topological polar surface area (TPSA) is 71.0 Å². The highest BCUT2D eigenvalue weighted by molar-refractivity contribution is 14.0. The lowest BCUT2D eigenvalue weighted by Gasteiger charge is -2.20. The third-order valence-electron chi connectivity index (χ3n) is 4.93. The van der Waals surface area contributed by atoms with Gasteiger partial charge in [-0.1, -0.05) is 0 Å². The molecule has 28 heavy (non-hydrogen) atoms. The van der Waals surface area contributed by atoms with Crippen LogP contribution in [0.25, 0.3) is 0 Å². The van der Waals surface area contributed by atoms with Gasteiger partial charge in [0.25, 0.3) is 0 Å². The Morgan fingerprint density at radius 1 is 1.46 bits per heavy atom. The first-order valence-electron chi connectivity index (χ1n) is 9.74. The number of guanidine groups is 1. The maximum absolute atomic E-state index is 13.9. The highest BCUT2D eigenvalue weighted by Crippen LogP contribution is 2.20. The number of aromatic nitrogens is 1. The minimum atomic E-state index is -0.273. The number of rotatable bonds is 8. The molecule has 0 radical (unpaired) electrons. The molecule has 1 aromatic heterocycles. The molecule has 2 aliphatic rings. The largest absolute Gasteiger partial charge is 0.381 e. The zero-order chi connectivity index (χ0) is 18.9. The van der Waals surface area contributed by atoms with E-state index in [9.17, 15) is 4.39 Å². The lowest BCUT2D eigenvalue weighted by atomic mass is 10.1. The fourth-order valence-electron chi connectivity index (χ4n) is 3.41. The average molecular weight is 507 g/mol. The molecule has 2 saturated heterocycles. The summed E-state index contributed by atoms with van der Waals surface area (Å²) < 4.78 is 24.9. The normalized spacial score (nSPS) is 22.2. The fourth-order valence-corrected chi connectivity index (χ4v) is 3.41. The molecule has 2 aliphatic heterocycles. The fraction of sp³-hybridized carbons (Fsp3) is 0.684. The summed E-state index contributed by atoms with van der Waals surface area (Å²) in [5.74, 6) is 1.48. The quantitative estimate of drug-likeness (QED) is 0.243. The maximum atomic E-state index is 13.9. The standard InChI is InChI=1S/C19H30FN5O2.HI/c1-21-19(23-8-3-10-26-13-15-6-11-27-14-15)24-16-5-9-25(12-16)18-17(20)4-2-7-22-18;/h2,4,7,15-16H,3,5-6,8-14H2,1H3,(H2,21,23,24);1H. The molecular weight excluding hydrogens is 476 g/mol. The molecular formula is C19H31FIN5O2. The van der Waals surface area contributed by atoms with Crippen LogP contribution in [0.1, 0.15) is 19.3 Å². The van der Waals surface area contributed by atoms with E-state index in [2.05, 4.69) is 20.6 Å². The zero-order valence-corrected chi connectivity index (χ0v) is 18.7. The molecule has 2 fully saturated rings. The number of hydrogen-bond donors (Lipinski definition) is 2. The molecule has 2 atom stereocenters. The van der Waals surface area contributed by atoms with Crippen LogP contribution in [0.3, 0.4) is 0 Å². The van der Waals surface area contributed by atoms with Gasteiger partial charge in [0.05, 0.1) is 13.2 Å². The summed E-state index contributed by atoms with van der Waals surface area (Å²) in [6.07, 6.45) is 4.57. The van der Waals surface area contributed by atoms with Crippen molar-refractivity contribution < 1.29 is 13.9 Å². The molecule has 0 bridgehead atoms. The Morgan fingerprint density at radius 2 is 2.36 bits per heavy atom. The summed E-state index contributed by atoms with van der Waals surface area (Å²) in [5.41, 5.74) is 0. The highest BCUT2D eigenvalue weighted by atomic mass is 127. The van der Waals surface area contributed by atoms with Crippen LogP contribution in [-0.4, -0.2) is 70.1 Å². The second kappa shape index (κ2) is 12.4. The molecule has 1 aromatic rings. The predicted octanol–water partition coefficient (Wildman–Crippen LogP) is 2.03. The highest BCUT2D eigenvalue weighted by Gasteiger charge is 2.25. The van der Waals surface area contributed by atoms with E-state index in [1.54, 1.807) is 19.3 Å². The molecule has 0 aromatic carbocycles. The molecule has 0 spiro atoms. The van der Waals surface area contributed by atoms with E-state index in [4.69, 9.17) is 9.47 Å². The van der Waals surface area contributed by atoms with Crippen LogP contribution >= 0.6 is 24.0 Å². The first-order valence-corrected chi connectivity index (χ1v) is 9.74. The lowest BCUT2D eigenvalue weighted by Crippen LogP contribution is -2.45. The molecule has 3 rings (SSSR count). The Hall–Kier alpha value is -1.20. The first kappa shape index (κ1) is 23.1. The number of ether oxygens (including phenoxy) is 2. The summed E-state index contributed by atoms with van der Waals surface area (Å²) in [6, 6.07) is 3.28. The van der Waals surface area contributed by atoms with E-state index in [1.165, 1.54) is 6.07 Å².